The van der Waals surface area contributed by atoms with Gasteiger partial charge in [0, 0.05) is 17.5 Å². The summed E-state index contributed by atoms with van der Waals surface area (Å²) in [5.74, 6) is 0.262. The van der Waals surface area contributed by atoms with E-state index in [4.69, 9.17) is 0 Å². The van der Waals surface area contributed by atoms with Gasteiger partial charge in [-0.2, -0.15) is 0 Å². The van der Waals surface area contributed by atoms with Gasteiger partial charge in [0.2, 0.25) is 0 Å². The molecule has 0 atom stereocenters. The molecule has 0 aromatic heterocycles. The van der Waals surface area contributed by atoms with Crippen molar-refractivity contribution in [1.29, 1.82) is 0 Å². The minimum Gasteiger partial charge on any atom is -0.508 e. The van der Waals surface area contributed by atoms with E-state index in [9.17, 15) is 10.2 Å². The predicted octanol–water partition coefficient (Wildman–Crippen LogP) is 1.77. The number of hydrogen-bond donors (Lipinski definition) is 2. The third-order valence-corrected chi connectivity index (χ3v) is 3.03. The second-order valence-electron chi connectivity index (χ2n) is 5.45. The molecule has 17 heavy (non-hydrogen) atoms. The number of hydrogen-bond acceptors (Lipinski definition) is 3. The Morgan fingerprint density at radius 3 is 2.41 bits per heavy atom. The van der Waals surface area contributed by atoms with Crippen molar-refractivity contribution in [1.82, 2.24) is 4.90 Å². The fourth-order valence-electron chi connectivity index (χ4n) is 1.72. The number of phenols is 1. The Kier molecular flexibility index (Phi) is 4.54. The second-order valence-corrected chi connectivity index (χ2v) is 5.45. The fraction of sp³-hybridized carbons (Fsp3) is 0.571. The van der Waals surface area contributed by atoms with E-state index in [-0.39, 0.29) is 12.4 Å². The van der Waals surface area contributed by atoms with Crippen molar-refractivity contribution in [3.8, 4) is 5.75 Å². The van der Waals surface area contributed by atoms with Crippen molar-refractivity contribution in [2.45, 2.75) is 25.7 Å². The van der Waals surface area contributed by atoms with E-state index >= 15 is 0 Å². The van der Waals surface area contributed by atoms with Gasteiger partial charge in [-0.3, -0.25) is 0 Å². The summed E-state index contributed by atoms with van der Waals surface area (Å²) in [7, 11) is 4.08. The van der Waals surface area contributed by atoms with Crippen LogP contribution < -0.4 is 0 Å². The third kappa shape index (κ3) is 3.72. The topological polar surface area (TPSA) is 43.7 Å². The highest BCUT2D eigenvalue weighted by atomic mass is 16.3. The Labute approximate surface area is 104 Å². The average molecular weight is 237 g/mol. The monoisotopic (exact) mass is 237 g/mol. The molecule has 0 saturated carbocycles. The van der Waals surface area contributed by atoms with Crippen LogP contribution in [0.1, 0.15) is 25.0 Å². The molecule has 0 unspecified atom stereocenters. The maximum absolute atomic E-state index is 9.86. The van der Waals surface area contributed by atoms with Gasteiger partial charge in [0.05, 0.1) is 6.61 Å². The van der Waals surface area contributed by atoms with Gasteiger partial charge < -0.3 is 15.1 Å². The first kappa shape index (κ1) is 14.0. The molecule has 0 amide bonds. The van der Waals surface area contributed by atoms with Crippen LogP contribution >= 0.6 is 0 Å². The number of nitrogens with zero attached hydrogens (tertiary/aromatic N) is 1. The van der Waals surface area contributed by atoms with Gasteiger partial charge in [0.1, 0.15) is 5.75 Å². The maximum Gasteiger partial charge on any atom is 0.119 e. The van der Waals surface area contributed by atoms with Crippen LogP contribution in [0.2, 0.25) is 0 Å². The second kappa shape index (κ2) is 5.52. The maximum atomic E-state index is 9.86. The van der Waals surface area contributed by atoms with E-state index in [0.717, 1.165) is 18.5 Å². The highest BCUT2D eigenvalue weighted by Gasteiger charge is 2.23. The number of likely N-dealkylation sites (N-methyl/N-ethyl adjacent to an activating group) is 1. The van der Waals surface area contributed by atoms with Crippen LogP contribution in [0.5, 0.6) is 5.75 Å². The van der Waals surface area contributed by atoms with E-state index in [1.165, 1.54) is 5.56 Å². The summed E-state index contributed by atoms with van der Waals surface area (Å²) in [5, 5.41) is 19.2. The van der Waals surface area contributed by atoms with Crippen molar-refractivity contribution in [2.24, 2.45) is 0 Å². The molecule has 0 radical (unpaired) electrons. The van der Waals surface area contributed by atoms with Crippen molar-refractivity contribution in [2.75, 3.05) is 27.2 Å². The average Bonchev–Trinajstić information content (AvgIpc) is 2.27. The lowest BCUT2D eigenvalue weighted by Gasteiger charge is -2.24. The number of aliphatic hydroxyl groups is 1. The van der Waals surface area contributed by atoms with Gasteiger partial charge in [0.25, 0.3) is 0 Å². The van der Waals surface area contributed by atoms with Crippen LogP contribution in [0.15, 0.2) is 18.2 Å². The van der Waals surface area contributed by atoms with Crippen LogP contribution in [-0.2, 0) is 11.8 Å². The zero-order valence-electron chi connectivity index (χ0n) is 11.2. The predicted molar refractivity (Wildman–Crippen MR) is 70.5 cm³/mol. The lowest BCUT2D eigenvalue weighted by atomic mass is 9.84. The largest absolute Gasteiger partial charge is 0.508 e. The SMILES string of the molecule is CN(C)CCc1ccc(O)c(C(C)(C)CO)c1. The van der Waals surface area contributed by atoms with Crippen LogP contribution in [0.4, 0.5) is 0 Å². The van der Waals surface area contributed by atoms with Gasteiger partial charge in [-0.25, -0.2) is 0 Å². The minimum atomic E-state index is -0.405. The Morgan fingerprint density at radius 2 is 1.88 bits per heavy atom. The van der Waals surface area contributed by atoms with Crippen LogP contribution in [0.25, 0.3) is 0 Å². The zero-order valence-corrected chi connectivity index (χ0v) is 11.2. The summed E-state index contributed by atoms with van der Waals surface area (Å²) in [6, 6.07) is 5.66. The summed E-state index contributed by atoms with van der Waals surface area (Å²) in [4.78, 5) is 2.13. The standard InChI is InChI=1S/C14H23NO2/c1-14(2,10-16)12-9-11(5-6-13(12)17)7-8-15(3)4/h5-6,9,16-17H,7-8,10H2,1-4H3. The highest BCUT2D eigenvalue weighted by Crippen LogP contribution is 2.31. The molecule has 0 heterocycles. The van der Waals surface area contributed by atoms with Gasteiger partial charge >= 0.3 is 0 Å². The van der Waals surface area contributed by atoms with E-state index in [1.807, 2.05) is 40.1 Å². The van der Waals surface area contributed by atoms with E-state index < -0.39 is 5.41 Å². The van der Waals surface area contributed by atoms with E-state index in [2.05, 4.69) is 4.90 Å². The Bertz CT molecular complexity index is 372. The molecular formula is C14H23NO2. The molecule has 0 spiro atoms. The van der Waals surface area contributed by atoms with Gasteiger partial charge in [-0.1, -0.05) is 26.0 Å². The smallest absolute Gasteiger partial charge is 0.119 e. The molecule has 0 aliphatic rings. The molecule has 0 bridgehead atoms. The number of phenolic OH excluding ortho intramolecular Hbond substituents is 1. The first-order valence-electron chi connectivity index (χ1n) is 5.95. The zero-order chi connectivity index (χ0) is 13.1. The summed E-state index contributed by atoms with van der Waals surface area (Å²) in [5.41, 5.74) is 1.60. The molecule has 1 aromatic rings. The van der Waals surface area contributed by atoms with Crippen molar-refractivity contribution < 1.29 is 10.2 Å². The fourth-order valence-corrected chi connectivity index (χ4v) is 1.72. The summed E-state index contributed by atoms with van der Waals surface area (Å²) < 4.78 is 0. The molecule has 1 rings (SSSR count). The Hall–Kier alpha value is -1.06. The quantitative estimate of drug-likeness (QED) is 0.820. The van der Waals surface area contributed by atoms with Gasteiger partial charge in [-0.05, 0) is 32.1 Å². The number of rotatable bonds is 5. The molecule has 96 valence electrons. The van der Waals surface area contributed by atoms with Crippen molar-refractivity contribution in [3.05, 3.63) is 29.3 Å². The molecule has 0 aliphatic heterocycles. The normalized spacial score (nSPS) is 12.1. The molecular weight excluding hydrogens is 214 g/mol. The Balaban J connectivity index is 2.94. The van der Waals surface area contributed by atoms with Crippen LogP contribution in [0, 0.1) is 0 Å². The van der Waals surface area contributed by atoms with Crippen LogP contribution in [0.3, 0.4) is 0 Å². The first-order chi connectivity index (χ1) is 7.86. The molecule has 0 fully saturated rings. The summed E-state index contributed by atoms with van der Waals surface area (Å²) in [6.45, 7) is 4.86. The molecule has 0 saturated heterocycles. The summed E-state index contributed by atoms with van der Waals surface area (Å²) >= 11 is 0. The summed E-state index contributed by atoms with van der Waals surface area (Å²) in [6.07, 6.45) is 0.946. The van der Waals surface area contributed by atoms with E-state index in [0.29, 0.717) is 0 Å². The third-order valence-electron chi connectivity index (χ3n) is 3.03. The molecule has 0 aliphatic carbocycles. The number of aromatic hydroxyl groups is 1. The lowest BCUT2D eigenvalue weighted by Crippen LogP contribution is -2.22. The van der Waals surface area contributed by atoms with E-state index in [1.54, 1.807) is 6.07 Å². The highest BCUT2D eigenvalue weighted by molar-refractivity contribution is 5.41. The molecule has 3 heteroatoms. The van der Waals surface area contributed by atoms with Gasteiger partial charge in [0.15, 0.2) is 0 Å². The van der Waals surface area contributed by atoms with Crippen molar-refractivity contribution >= 4 is 0 Å². The molecule has 2 N–H and O–H groups in total. The first-order valence-corrected chi connectivity index (χ1v) is 5.95. The molecule has 3 nitrogen and oxygen atoms in total. The lowest BCUT2D eigenvalue weighted by molar-refractivity contribution is 0.215. The van der Waals surface area contributed by atoms with Gasteiger partial charge in [-0.15, -0.1) is 0 Å². The number of benzene rings is 1. The number of aliphatic hydroxyl groups excluding tert-OH is 1. The van der Waals surface area contributed by atoms with Crippen LogP contribution in [-0.4, -0.2) is 42.4 Å². The minimum absolute atomic E-state index is 0.0255. The Morgan fingerprint density at radius 1 is 1.24 bits per heavy atom. The molecule has 1 aromatic carbocycles. The van der Waals surface area contributed by atoms with Crippen molar-refractivity contribution in [3.63, 3.8) is 0 Å².